The van der Waals surface area contributed by atoms with E-state index in [-0.39, 0.29) is 17.6 Å². The van der Waals surface area contributed by atoms with Crippen molar-refractivity contribution in [3.8, 4) is 0 Å². The molecule has 1 aromatic carbocycles. The van der Waals surface area contributed by atoms with Crippen molar-refractivity contribution >= 4 is 30.5 Å². The third-order valence-corrected chi connectivity index (χ3v) is 5.93. The van der Waals surface area contributed by atoms with Crippen LogP contribution in [0, 0.1) is 13.8 Å². The number of nitrogens with zero attached hydrogens (tertiary/aromatic N) is 1. The summed E-state index contributed by atoms with van der Waals surface area (Å²) < 4.78 is 5.35. The molecule has 0 aliphatic heterocycles. The van der Waals surface area contributed by atoms with Crippen LogP contribution in [0.2, 0.25) is 0 Å². The quantitative estimate of drug-likeness (QED) is 0.256. The summed E-state index contributed by atoms with van der Waals surface area (Å²) in [7, 11) is 0. The lowest BCUT2D eigenvalue weighted by Gasteiger charge is -2.35. The van der Waals surface area contributed by atoms with Gasteiger partial charge in [0.15, 0.2) is 0 Å². The molecule has 0 radical (unpaired) electrons. The highest BCUT2D eigenvalue weighted by Gasteiger charge is 2.36. The van der Waals surface area contributed by atoms with Crippen molar-refractivity contribution in [1.29, 1.82) is 0 Å². The van der Waals surface area contributed by atoms with Crippen molar-refractivity contribution in [3.63, 3.8) is 0 Å². The van der Waals surface area contributed by atoms with Crippen LogP contribution in [-0.2, 0) is 14.3 Å². The molecule has 1 aromatic rings. The van der Waals surface area contributed by atoms with Gasteiger partial charge in [-0.25, -0.2) is 4.79 Å². The number of carbonyl (C=O) groups excluding carboxylic acids is 3. The Morgan fingerprint density at radius 3 is 2.26 bits per heavy atom. The lowest BCUT2D eigenvalue weighted by atomic mass is 9.96. The number of nitrogens with one attached hydrogen (secondary N) is 2. The molecule has 0 bridgehead atoms. The highest BCUT2D eigenvalue weighted by atomic mass is 32.1. The van der Waals surface area contributed by atoms with Gasteiger partial charge in [0.2, 0.25) is 11.8 Å². The van der Waals surface area contributed by atoms with E-state index >= 15 is 0 Å². The molecular weight excluding hydrogens is 462 g/mol. The number of hydrogen-bond donors (Lipinski definition) is 3. The van der Waals surface area contributed by atoms with Gasteiger partial charge in [0.25, 0.3) is 0 Å². The van der Waals surface area contributed by atoms with Crippen LogP contribution in [0.1, 0.15) is 89.5 Å². The summed E-state index contributed by atoms with van der Waals surface area (Å²) in [5, 5.41) is 5.68. The number of benzene rings is 1. The summed E-state index contributed by atoms with van der Waals surface area (Å²) in [6.07, 6.45) is 3.84. The van der Waals surface area contributed by atoms with Gasteiger partial charge in [-0.3, -0.25) is 9.59 Å². The molecule has 0 heterocycles. The molecule has 0 fully saturated rings. The zero-order chi connectivity index (χ0) is 26.6. The molecule has 0 saturated carbocycles. The first-order chi connectivity index (χ1) is 16.4. The standard InChI is InChI=1S/C27H45N3O4S/c1-8-10-12-15-28-24(31)23(21-14-13-19(3)17-20(21)4)30(16-11-9-2)25(32)22(18-35)29-26(33)34-27(5,6)7/h13-14,17,22-23,35H,8-12,15-16,18H2,1-7H3,(H,28,31)(H,29,33). The van der Waals surface area contributed by atoms with E-state index in [9.17, 15) is 14.4 Å². The first-order valence-electron chi connectivity index (χ1n) is 12.7. The minimum Gasteiger partial charge on any atom is -0.444 e. The first-order valence-corrected chi connectivity index (χ1v) is 13.3. The monoisotopic (exact) mass is 507 g/mol. The Kier molecular flexibility index (Phi) is 13.2. The van der Waals surface area contributed by atoms with Crippen molar-refractivity contribution in [2.45, 2.75) is 98.3 Å². The smallest absolute Gasteiger partial charge is 0.408 e. The number of unbranched alkanes of at least 4 members (excludes halogenated alkanes) is 3. The van der Waals surface area contributed by atoms with Gasteiger partial charge >= 0.3 is 6.09 Å². The van der Waals surface area contributed by atoms with Gasteiger partial charge in [0.05, 0.1) is 0 Å². The van der Waals surface area contributed by atoms with Crippen LogP contribution in [-0.4, -0.2) is 53.3 Å². The number of amides is 3. The first kappa shape index (κ1) is 30.8. The summed E-state index contributed by atoms with van der Waals surface area (Å²) in [6, 6.07) is 4.16. The van der Waals surface area contributed by atoms with Crippen molar-refractivity contribution in [3.05, 3.63) is 34.9 Å². The Morgan fingerprint density at radius 1 is 1.06 bits per heavy atom. The van der Waals surface area contributed by atoms with E-state index in [1.807, 2.05) is 39.0 Å². The maximum Gasteiger partial charge on any atom is 0.408 e. The minimum atomic E-state index is -0.925. The van der Waals surface area contributed by atoms with Crippen molar-refractivity contribution in [1.82, 2.24) is 15.5 Å². The molecular formula is C27H45N3O4S. The summed E-state index contributed by atoms with van der Waals surface area (Å²) in [6.45, 7) is 14.3. The van der Waals surface area contributed by atoms with Crippen LogP contribution in [0.15, 0.2) is 18.2 Å². The van der Waals surface area contributed by atoms with Crippen LogP contribution >= 0.6 is 12.6 Å². The van der Waals surface area contributed by atoms with Gasteiger partial charge < -0.3 is 20.3 Å². The van der Waals surface area contributed by atoms with Gasteiger partial charge in [0, 0.05) is 18.8 Å². The minimum absolute atomic E-state index is 0.0818. The Balaban J connectivity index is 3.36. The molecule has 0 aliphatic carbocycles. The maximum absolute atomic E-state index is 13.8. The van der Waals surface area contributed by atoms with E-state index < -0.39 is 23.8 Å². The van der Waals surface area contributed by atoms with Crippen LogP contribution in [0.25, 0.3) is 0 Å². The SMILES string of the molecule is CCCCCNC(=O)C(c1ccc(C)cc1C)N(CCCC)C(=O)C(CS)NC(=O)OC(C)(C)C. The van der Waals surface area contributed by atoms with E-state index in [4.69, 9.17) is 4.74 Å². The Hall–Kier alpha value is -2.22. The molecule has 7 nitrogen and oxygen atoms in total. The zero-order valence-corrected chi connectivity index (χ0v) is 23.5. The average molecular weight is 508 g/mol. The number of ether oxygens (including phenoxy) is 1. The summed E-state index contributed by atoms with van der Waals surface area (Å²) in [5.74, 6) is -0.487. The second-order valence-electron chi connectivity index (χ2n) is 10.0. The van der Waals surface area contributed by atoms with Gasteiger partial charge in [-0.15, -0.1) is 0 Å². The molecule has 1 rings (SSSR count). The maximum atomic E-state index is 13.8. The zero-order valence-electron chi connectivity index (χ0n) is 22.6. The van der Waals surface area contributed by atoms with Gasteiger partial charge in [-0.05, 0) is 58.6 Å². The predicted octanol–water partition coefficient (Wildman–Crippen LogP) is 5.10. The van der Waals surface area contributed by atoms with Crippen LogP contribution in [0.3, 0.4) is 0 Å². The molecule has 2 unspecified atom stereocenters. The average Bonchev–Trinajstić information content (AvgIpc) is 2.77. The molecule has 198 valence electrons. The number of hydrogen-bond acceptors (Lipinski definition) is 5. The summed E-state index contributed by atoms with van der Waals surface area (Å²) in [4.78, 5) is 41.3. The molecule has 2 atom stereocenters. The number of rotatable bonds is 13. The topological polar surface area (TPSA) is 87.7 Å². The fraction of sp³-hybridized carbons (Fsp3) is 0.667. The Bertz CT molecular complexity index is 838. The number of thiol groups is 1. The van der Waals surface area contributed by atoms with Crippen molar-refractivity contribution in [2.75, 3.05) is 18.8 Å². The second kappa shape index (κ2) is 15.0. The van der Waals surface area contributed by atoms with Crippen molar-refractivity contribution in [2.24, 2.45) is 0 Å². The fourth-order valence-electron chi connectivity index (χ4n) is 3.80. The highest BCUT2D eigenvalue weighted by Crippen LogP contribution is 2.27. The lowest BCUT2D eigenvalue weighted by Crippen LogP contribution is -2.54. The van der Waals surface area contributed by atoms with E-state index in [1.54, 1.807) is 25.7 Å². The van der Waals surface area contributed by atoms with Gasteiger partial charge in [0.1, 0.15) is 17.7 Å². The molecule has 0 spiro atoms. The molecule has 0 aliphatic rings. The van der Waals surface area contributed by atoms with E-state index in [0.717, 1.165) is 48.8 Å². The number of carbonyl (C=O) groups is 3. The number of aryl methyl sites for hydroxylation is 2. The third kappa shape index (κ3) is 10.5. The number of alkyl carbamates (subject to hydrolysis) is 1. The van der Waals surface area contributed by atoms with Crippen molar-refractivity contribution < 1.29 is 19.1 Å². The molecule has 3 amide bonds. The Morgan fingerprint density at radius 2 is 1.71 bits per heavy atom. The second-order valence-corrected chi connectivity index (χ2v) is 10.4. The lowest BCUT2D eigenvalue weighted by molar-refractivity contribution is -0.142. The predicted molar refractivity (Wildman–Crippen MR) is 145 cm³/mol. The van der Waals surface area contributed by atoms with Crippen LogP contribution in [0.5, 0.6) is 0 Å². The van der Waals surface area contributed by atoms with E-state index in [1.165, 1.54) is 0 Å². The third-order valence-electron chi connectivity index (χ3n) is 5.57. The molecule has 0 aromatic heterocycles. The normalized spacial score (nSPS) is 13.0. The van der Waals surface area contributed by atoms with Crippen LogP contribution < -0.4 is 10.6 Å². The van der Waals surface area contributed by atoms with Gasteiger partial charge in [-0.2, -0.15) is 12.6 Å². The molecule has 8 heteroatoms. The summed E-state index contributed by atoms with van der Waals surface area (Å²) in [5.41, 5.74) is 2.11. The largest absolute Gasteiger partial charge is 0.444 e. The van der Waals surface area contributed by atoms with E-state index in [2.05, 4.69) is 30.2 Å². The fourth-order valence-corrected chi connectivity index (χ4v) is 4.04. The highest BCUT2D eigenvalue weighted by molar-refractivity contribution is 7.80. The molecule has 0 saturated heterocycles. The summed E-state index contributed by atoms with van der Waals surface area (Å²) >= 11 is 4.33. The molecule has 35 heavy (non-hydrogen) atoms. The van der Waals surface area contributed by atoms with Crippen LogP contribution in [0.4, 0.5) is 4.79 Å². The Labute approximate surface area is 217 Å². The van der Waals surface area contributed by atoms with Gasteiger partial charge in [-0.1, -0.05) is 56.9 Å². The van der Waals surface area contributed by atoms with E-state index in [0.29, 0.717) is 13.1 Å². The molecule has 2 N–H and O–H groups in total.